The normalized spacial score (nSPS) is 14.3. The van der Waals surface area contributed by atoms with Crippen LogP contribution in [0.5, 0.6) is 5.75 Å². The molecular formula is C16H21NO5. The fraction of sp³-hybridized carbons (Fsp3) is 0.500. The van der Waals surface area contributed by atoms with Crippen molar-refractivity contribution in [1.29, 1.82) is 0 Å². The van der Waals surface area contributed by atoms with Gasteiger partial charge in [0.05, 0.1) is 7.11 Å². The number of carbonyl (C=O) groups is 2. The summed E-state index contributed by atoms with van der Waals surface area (Å²) in [6.45, 7) is 6.37. The summed E-state index contributed by atoms with van der Waals surface area (Å²) >= 11 is 0. The minimum absolute atomic E-state index is 0.145. The lowest BCUT2D eigenvalue weighted by atomic mass is 9.96. The number of ether oxygens (including phenoxy) is 2. The maximum absolute atomic E-state index is 12.1. The zero-order valence-electron chi connectivity index (χ0n) is 13.3. The predicted molar refractivity (Wildman–Crippen MR) is 80.3 cm³/mol. The summed E-state index contributed by atoms with van der Waals surface area (Å²) < 4.78 is 10.5. The van der Waals surface area contributed by atoms with Crippen molar-refractivity contribution in [3.05, 3.63) is 28.8 Å². The van der Waals surface area contributed by atoms with E-state index in [4.69, 9.17) is 9.47 Å². The molecule has 1 aromatic rings. The van der Waals surface area contributed by atoms with Crippen LogP contribution in [0.3, 0.4) is 0 Å². The standard InChI is InChI=1S/C16H21NO5/c1-16(2,3)22-15(20)17-6-5-10-7-12(14(18)19)13(21-4)8-11(10)9-17/h7-8H,5-6,9H2,1-4H3,(H,18,19). The number of hydrogen-bond donors (Lipinski definition) is 1. The maximum Gasteiger partial charge on any atom is 0.410 e. The van der Waals surface area contributed by atoms with E-state index in [0.29, 0.717) is 25.3 Å². The van der Waals surface area contributed by atoms with Crippen molar-refractivity contribution in [2.45, 2.75) is 39.3 Å². The Hall–Kier alpha value is -2.24. The second-order valence-electron chi connectivity index (χ2n) is 6.28. The lowest BCUT2D eigenvalue weighted by Gasteiger charge is -2.31. The summed E-state index contributed by atoms with van der Waals surface area (Å²) in [7, 11) is 1.43. The topological polar surface area (TPSA) is 76.1 Å². The van der Waals surface area contributed by atoms with E-state index in [1.807, 2.05) is 20.8 Å². The van der Waals surface area contributed by atoms with Gasteiger partial charge in [0.15, 0.2) is 0 Å². The number of methoxy groups -OCH3 is 1. The van der Waals surface area contributed by atoms with Crippen LogP contribution in [-0.2, 0) is 17.7 Å². The van der Waals surface area contributed by atoms with Gasteiger partial charge in [-0.3, -0.25) is 0 Å². The van der Waals surface area contributed by atoms with Crippen molar-refractivity contribution < 1.29 is 24.2 Å². The molecule has 1 N–H and O–H groups in total. The Morgan fingerprint density at radius 1 is 1.23 bits per heavy atom. The van der Waals surface area contributed by atoms with E-state index < -0.39 is 11.6 Å². The van der Waals surface area contributed by atoms with E-state index >= 15 is 0 Å². The summed E-state index contributed by atoms with van der Waals surface area (Å²) in [5.74, 6) is -0.716. The Morgan fingerprint density at radius 3 is 2.45 bits per heavy atom. The van der Waals surface area contributed by atoms with Gasteiger partial charge in [-0.15, -0.1) is 0 Å². The Labute approximate surface area is 129 Å². The molecule has 6 heteroatoms. The third-order valence-electron chi connectivity index (χ3n) is 3.42. The van der Waals surface area contributed by atoms with Gasteiger partial charge in [-0.05, 0) is 50.5 Å². The molecule has 0 spiro atoms. The fourth-order valence-electron chi connectivity index (χ4n) is 2.41. The number of fused-ring (bicyclic) bond motifs is 1. The van der Waals surface area contributed by atoms with Gasteiger partial charge in [0, 0.05) is 13.1 Å². The molecule has 0 saturated heterocycles. The Balaban J connectivity index is 2.24. The molecule has 1 heterocycles. The Morgan fingerprint density at radius 2 is 1.91 bits per heavy atom. The van der Waals surface area contributed by atoms with Crippen molar-refractivity contribution in [3.63, 3.8) is 0 Å². The number of rotatable bonds is 2. The molecule has 0 radical (unpaired) electrons. The smallest absolute Gasteiger partial charge is 0.410 e. The lowest BCUT2D eigenvalue weighted by Crippen LogP contribution is -2.40. The molecule has 0 fully saturated rings. The predicted octanol–water partition coefficient (Wildman–Crippen LogP) is 2.69. The van der Waals surface area contributed by atoms with Gasteiger partial charge in [0.1, 0.15) is 16.9 Å². The van der Waals surface area contributed by atoms with Crippen molar-refractivity contribution in [2.24, 2.45) is 0 Å². The summed E-state index contributed by atoms with van der Waals surface area (Å²) in [5.41, 5.74) is 1.42. The van der Waals surface area contributed by atoms with Gasteiger partial charge in [-0.2, -0.15) is 0 Å². The molecule has 1 aliphatic heterocycles. The molecule has 0 aromatic heterocycles. The highest BCUT2D eigenvalue weighted by Crippen LogP contribution is 2.28. The molecule has 2 rings (SSSR count). The number of nitrogens with zero attached hydrogens (tertiary/aromatic N) is 1. The summed E-state index contributed by atoms with van der Waals surface area (Å²) in [6.07, 6.45) is 0.234. The number of carboxylic acids is 1. The molecule has 22 heavy (non-hydrogen) atoms. The van der Waals surface area contributed by atoms with Crippen LogP contribution in [0.2, 0.25) is 0 Å². The average molecular weight is 307 g/mol. The molecule has 6 nitrogen and oxygen atoms in total. The molecule has 1 aliphatic rings. The van der Waals surface area contributed by atoms with Crippen LogP contribution in [0, 0.1) is 0 Å². The van der Waals surface area contributed by atoms with Crippen LogP contribution in [0.25, 0.3) is 0 Å². The van der Waals surface area contributed by atoms with Crippen molar-refractivity contribution >= 4 is 12.1 Å². The SMILES string of the molecule is COc1cc2c(cc1C(=O)O)CCN(C(=O)OC(C)(C)C)C2. The number of carbonyl (C=O) groups excluding carboxylic acids is 1. The van der Waals surface area contributed by atoms with Crippen LogP contribution < -0.4 is 4.74 Å². The molecule has 0 atom stereocenters. The molecule has 0 bridgehead atoms. The minimum atomic E-state index is -1.02. The zero-order valence-corrected chi connectivity index (χ0v) is 13.3. The zero-order chi connectivity index (χ0) is 16.5. The van der Waals surface area contributed by atoms with Crippen molar-refractivity contribution in [2.75, 3.05) is 13.7 Å². The first-order valence-corrected chi connectivity index (χ1v) is 7.12. The first-order valence-electron chi connectivity index (χ1n) is 7.12. The van der Waals surface area contributed by atoms with Crippen molar-refractivity contribution in [3.8, 4) is 5.75 Å². The third kappa shape index (κ3) is 3.50. The van der Waals surface area contributed by atoms with Gasteiger partial charge in [-0.1, -0.05) is 0 Å². The van der Waals surface area contributed by atoms with E-state index in [1.165, 1.54) is 7.11 Å². The molecule has 0 aliphatic carbocycles. The summed E-state index contributed by atoms with van der Waals surface area (Å²) in [4.78, 5) is 25.0. The second-order valence-corrected chi connectivity index (χ2v) is 6.28. The number of amides is 1. The monoisotopic (exact) mass is 307 g/mol. The molecular weight excluding hydrogens is 286 g/mol. The molecule has 1 aromatic carbocycles. The van der Waals surface area contributed by atoms with E-state index in [2.05, 4.69) is 0 Å². The average Bonchev–Trinajstić information content (AvgIpc) is 2.43. The summed E-state index contributed by atoms with van der Waals surface area (Å²) in [6, 6.07) is 3.32. The number of carboxylic acid groups (broad SMARTS) is 1. The van der Waals surface area contributed by atoms with Crippen LogP contribution >= 0.6 is 0 Å². The quantitative estimate of drug-likeness (QED) is 0.909. The largest absolute Gasteiger partial charge is 0.496 e. The van der Waals surface area contributed by atoms with E-state index in [1.54, 1.807) is 17.0 Å². The lowest BCUT2D eigenvalue weighted by molar-refractivity contribution is 0.0223. The van der Waals surface area contributed by atoms with Gasteiger partial charge >= 0.3 is 12.1 Å². The van der Waals surface area contributed by atoms with Crippen LogP contribution in [0.4, 0.5) is 4.79 Å². The molecule has 0 unspecified atom stereocenters. The third-order valence-corrected chi connectivity index (χ3v) is 3.42. The molecule has 0 saturated carbocycles. The number of aromatic carboxylic acids is 1. The number of benzene rings is 1. The van der Waals surface area contributed by atoms with E-state index in [0.717, 1.165) is 11.1 Å². The van der Waals surface area contributed by atoms with Gasteiger partial charge in [0.25, 0.3) is 0 Å². The maximum atomic E-state index is 12.1. The fourth-order valence-corrected chi connectivity index (χ4v) is 2.41. The highest BCUT2D eigenvalue weighted by molar-refractivity contribution is 5.91. The van der Waals surface area contributed by atoms with Crippen LogP contribution in [0.1, 0.15) is 42.3 Å². The first kappa shape index (κ1) is 16.1. The summed E-state index contributed by atoms with van der Waals surface area (Å²) in [5, 5.41) is 9.20. The highest BCUT2D eigenvalue weighted by atomic mass is 16.6. The molecule has 120 valence electrons. The van der Waals surface area contributed by atoms with Gasteiger partial charge < -0.3 is 19.5 Å². The van der Waals surface area contributed by atoms with Crippen molar-refractivity contribution in [1.82, 2.24) is 4.90 Å². The Kier molecular flexibility index (Phi) is 4.30. The molecule has 1 amide bonds. The Bertz CT molecular complexity index is 603. The van der Waals surface area contributed by atoms with Gasteiger partial charge in [0.2, 0.25) is 0 Å². The van der Waals surface area contributed by atoms with Crippen LogP contribution in [0.15, 0.2) is 12.1 Å². The van der Waals surface area contributed by atoms with Gasteiger partial charge in [-0.25, -0.2) is 9.59 Å². The number of hydrogen-bond acceptors (Lipinski definition) is 4. The minimum Gasteiger partial charge on any atom is -0.496 e. The van der Waals surface area contributed by atoms with E-state index in [9.17, 15) is 14.7 Å². The second kappa shape index (κ2) is 5.87. The highest BCUT2D eigenvalue weighted by Gasteiger charge is 2.27. The van der Waals surface area contributed by atoms with Crippen LogP contribution in [-0.4, -0.2) is 41.3 Å². The first-order chi connectivity index (χ1) is 10.2. The van der Waals surface area contributed by atoms with E-state index in [-0.39, 0.29) is 11.7 Å².